The van der Waals surface area contributed by atoms with E-state index in [9.17, 15) is 5.11 Å². The molecule has 0 unspecified atom stereocenters. The minimum absolute atomic E-state index is 0.224. The van der Waals surface area contributed by atoms with Crippen LogP contribution >= 0.6 is 0 Å². The van der Waals surface area contributed by atoms with Crippen molar-refractivity contribution in [2.75, 3.05) is 39.3 Å². The summed E-state index contributed by atoms with van der Waals surface area (Å²) in [5.41, 5.74) is 1.23. The molecule has 0 bridgehead atoms. The van der Waals surface area contributed by atoms with Crippen molar-refractivity contribution in [3.63, 3.8) is 0 Å². The van der Waals surface area contributed by atoms with Crippen molar-refractivity contribution in [3.05, 3.63) is 29.8 Å². The third-order valence-electron chi connectivity index (χ3n) is 5.68. The van der Waals surface area contributed by atoms with E-state index >= 15 is 0 Å². The Hall–Kier alpha value is -1.61. The van der Waals surface area contributed by atoms with Gasteiger partial charge in [0.25, 0.3) is 0 Å². The molecule has 1 aromatic rings. The number of likely N-dealkylation sites (tertiary alicyclic amines) is 2. The van der Waals surface area contributed by atoms with Gasteiger partial charge in [0.15, 0.2) is 0 Å². The first-order valence-electron chi connectivity index (χ1n) is 10.5. The molecule has 0 aromatic heterocycles. The standard InChI is InChI=1S/C22H33N3O2/c23-15-19-8-12-25(13-9-19)16-20-6-5-7-22(14-20)27-18-21(26)17-24-10-3-1-2-4-11-24/h5-7,14,19,21,26H,1-4,8-13,16-18H2/t21-/m0/s1. The van der Waals surface area contributed by atoms with Gasteiger partial charge in [0, 0.05) is 19.0 Å². The molecule has 5 nitrogen and oxygen atoms in total. The molecule has 1 aromatic carbocycles. The van der Waals surface area contributed by atoms with E-state index < -0.39 is 6.10 Å². The van der Waals surface area contributed by atoms with E-state index in [-0.39, 0.29) is 5.92 Å². The Morgan fingerprint density at radius 3 is 2.52 bits per heavy atom. The van der Waals surface area contributed by atoms with E-state index in [0.29, 0.717) is 13.2 Å². The number of ether oxygens (including phenoxy) is 1. The topological polar surface area (TPSA) is 59.7 Å². The molecular weight excluding hydrogens is 338 g/mol. The minimum atomic E-state index is -0.447. The number of piperidine rings is 1. The highest BCUT2D eigenvalue weighted by molar-refractivity contribution is 5.28. The van der Waals surface area contributed by atoms with Gasteiger partial charge in [0.2, 0.25) is 0 Å². The molecule has 2 aliphatic rings. The van der Waals surface area contributed by atoms with E-state index in [1.807, 2.05) is 12.1 Å². The second-order valence-electron chi connectivity index (χ2n) is 8.01. The highest BCUT2D eigenvalue weighted by atomic mass is 16.5. The molecule has 1 atom stereocenters. The monoisotopic (exact) mass is 371 g/mol. The lowest BCUT2D eigenvalue weighted by atomic mass is 9.98. The highest BCUT2D eigenvalue weighted by Crippen LogP contribution is 2.20. The second-order valence-corrected chi connectivity index (χ2v) is 8.01. The number of benzene rings is 1. The highest BCUT2D eigenvalue weighted by Gasteiger charge is 2.19. The van der Waals surface area contributed by atoms with Crippen molar-refractivity contribution in [1.29, 1.82) is 5.26 Å². The Morgan fingerprint density at radius 1 is 1.07 bits per heavy atom. The SMILES string of the molecule is N#CC1CCN(Cc2cccc(OC[C@@H](O)CN3CCCCCC3)c2)CC1. The fraction of sp³-hybridized carbons (Fsp3) is 0.682. The minimum Gasteiger partial charge on any atom is -0.491 e. The third kappa shape index (κ3) is 6.80. The Labute approximate surface area is 163 Å². The maximum absolute atomic E-state index is 10.3. The summed E-state index contributed by atoms with van der Waals surface area (Å²) in [6, 6.07) is 10.6. The predicted molar refractivity (Wildman–Crippen MR) is 106 cm³/mol. The largest absolute Gasteiger partial charge is 0.491 e. The molecule has 0 amide bonds. The normalized spacial score (nSPS) is 21.3. The van der Waals surface area contributed by atoms with E-state index in [4.69, 9.17) is 10.00 Å². The van der Waals surface area contributed by atoms with Crippen LogP contribution in [0.4, 0.5) is 0 Å². The van der Waals surface area contributed by atoms with Crippen LogP contribution in [-0.2, 0) is 6.54 Å². The summed E-state index contributed by atoms with van der Waals surface area (Å²) in [6.07, 6.45) is 6.58. The summed E-state index contributed by atoms with van der Waals surface area (Å²) in [4.78, 5) is 4.77. The van der Waals surface area contributed by atoms with E-state index in [1.165, 1.54) is 31.2 Å². The van der Waals surface area contributed by atoms with Crippen LogP contribution in [0, 0.1) is 17.2 Å². The molecule has 0 saturated carbocycles. The van der Waals surface area contributed by atoms with Crippen LogP contribution in [0.25, 0.3) is 0 Å². The molecule has 0 spiro atoms. The Kier molecular flexibility index (Phi) is 7.94. The van der Waals surface area contributed by atoms with E-state index in [2.05, 4.69) is 28.0 Å². The van der Waals surface area contributed by atoms with Gasteiger partial charge in [0.05, 0.1) is 6.07 Å². The summed E-state index contributed by atoms with van der Waals surface area (Å²) in [7, 11) is 0. The number of nitriles is 1. The van der Waals surface area contributed by atoms with Crippen LogP contribution in [0.5, 0.6) is 5.75 Å². The number of hydrogen-bond donors (Lipinski definition) is 1. The molecule has 0 aliphatic carbocycles. The maximum atomic E-state index is 10.3. The quantitative estimate of drug-likeness (QED) is 0.798. The predicted octanol–water partition coefficient (Wildman–Crippen LogP) is 3.04. The second kappa shape index (κ2) is 10.7. The van der Waals surface area contributed by atoms with Gasteiger partial charge in [0.1, 0.15) is 18.5 Å². The summed E-state index contributed by atoms with van der Waals surface area (Å²) >= 11 is 0. The zero-order chi connectivity index (χ0) is 18.9. The van der Waals surface area contributed by atoms with Crippen LogP contribution in [0.2, 0.25) is 0 Å². The fourth-order valence-corrected chi connectivity index (χ4v) is 4.07. The van der Waals surface area contributed by atoms with Crippen molar-refractivity contribution >= 4 is 0 Å². The number of aliphatic hydroxyl groups is 1. The molecule has 5 heteroatoms. The number of nitrogens with zero attached hydrogens (tertiary/aromatic N) is 3. The van der Waals surface area contributed by atoms with Gasteiger partial charge in [-0.1, -0.05) is 25.0 Å². The number of β-amino-alcohol motifs (C(OH)–C–C–N with tert-alkyl or cyclic N) is 1. The van der Waals surface area contributed by atoms with Gasteiger partial charge in [-0.2, -0.15) is 5.26 Å². The fourth-order valence-electron chi connectivity index (χ4n) is 4.07. The molecule has 2 fully saturated rings. The van der Waals surface area contributed by atoms with Crippen molar-refractivity contribution in [2.24, 2.45) is 5.92 Å². The zero-order valence-electron chi connectivity index (χ0n) is 16.4. The molecule has 27 heavy (non-hydrogen) atoms. The lowest BCUT2D eigenvalue weighted by molar-refractivity contribution is 0.0693. The molecule has 2 saturated heterocycles. The van der Waals surface area contributed by atoms with Crippen LogP contribution in [0.3, 0.4) is 0 Å². The first-order chi connectivity index (χ1) is 13.2. The molecule has 0 radical (unpaired) electrons. The molecule has 3 rings (SSSR count). The maximum Gasteiger partial charge on any atom is 0.119 e. The number of hydrogen-bond acceptors (Lipinski definition) is 5. The van der Waals surface area contributed by atoms with E-state index in [1.54, 1.807) is 0 Å². The van der Waals surface area contributed by atoms with Crippen molar-refractivity contribution in [2.45, 2.75) is 51.2 Å². The van der Waals surface area contributed by atoms with Crippen molar-refractivity contribution in [3.8, 4) is 11.8 Å². The Balaban J connectivity index is 1.42. The molecule has 148 valence electrons. The summed E-state index contributed by atoms with van der Waals surface area (Å²) < 4.78 is 5.87. The first kappa shape index (κ1) is 20.1. The van der Waals surface area contributed by atoms with Crippen LogP contribution < -0.4 is 4.74 Å². The van der Waals surface area contributed by atoms with Gasteiger partial charge in [-0.15, -0.1) is 0 Å². The van der Waals surface area contributed by atoms with Gasteiger partial charge in [-0.05, 0) is 69.6 Å². The summed E-state index contributed by atoms with van der Waals surface area (Å²) in [5.74, 6) is 1.05. The average molecular weight is 372 g/mol. The van der Waals surface area contributed by atoms with Gasteiger partial charge < -0.3 is 14.7 Å². The number of rotatable bonds is 7. The zero-order valence-corrected chi connectivity index (χ0v) is 16.4. The van der Waals surface area contributed by atoms with E-state index in [0.717, 1.165) is 51.3 Å². The van der Waals surface area contributed by atoms with Gasteiger partial charge in [-0.25, -0.2) is 0 Å². The first-order valence-corrected chi connectivity index (χ1v) is 10.5. The smallest absolute Gasteiger partial charge is 0.119 e. The lowest BCUT2D eigenvalue weighted by Gasteiger charge is -2.29. The molecular formula is C22H33N3O2. The third-order valence-corrected chi connectivity index (χ3v) is 5.68. The van der Waals surface area contributed by atoms with Crippen molar-refractivity contribution < 1.29 is 9.84 Å². The van der Waals surface area contributed by atoms with Crippen LogP contribution in [0.15, 0.2) is 24.3 Å². The summed E-state index contributed by atoms with van der Waals surface area (Å²) in [5, 5.41) is 19.3. The van der Waals surface area contributed by atoms with Crippen molar-refractivity contribution in [1.82, 2.24) is 9.80 Å². The van der Waals surface area contributed by atoms with Crippen LogP contribution in [0.1, 0.15) is 44.1 Å². The molecule has 2 heterocycles. The molecule has 2 aliphatic heterocycles. The molecule has 1 N–H and O–H groups in total. The number of aliphatic hydroxyl groups excluding tert-OH is 1. The average Bonchev–Trinajstić information content (AvgIpc) is 2.96. The Bertz CT molecular complexity index is 600. The summed E-state index contributed by atoms with van der Waals surface area (Å²) in [6.45, 7) is 6.09. The van der Waals surface area contributed by atoms with Gasteiger partial charge in [-0.3, -0.25) is 4.90 Å². The van der Waals surface area contributed by atoms with Crippen LogP contribution in [-0.4, -0.2) is 60.3 Å². The van der Waals surface area contributed by atoms with Gasteiger partial charge >= 0.3 is 0 Å². The Morgan fingerprint density at radius 2 is 1.81 bits per heavy atom. The lowest BCUT2D eigenvalue weighted by Crippen LogP contribution is -2.36.